The standard InChI is InChI=1S/C22H24FNO4/c23-19-8-4-7-18(14-19)22(9-11-28-12-10-22)21(27)24-15-17(20(25)26)13-16-5-2-1-3-6-16/h1-8,14,17H,9-13,15H2,(H,24,27)(H,25,26). The van der Waals surface area contributed by atoms with Gasteiger partial charge in [0.2, 0.25) is 5.91 Å². The Morgan fingerprint density at radius 2 is 1.82 bits per heavy atom. The van der Waals surface area contributed by atoms with Crippen LogP contribution in [0.1, 0.15) is 24.0 Å². The van der Waals surface area contributed by atoms with E-state index in [1.807, 2.05) is 30.3 Å². The number of aliphatic carboxylic acids is 1. The predicted octanol–water partition coefficient (Wildman–Crippen LogP) is 2.93. The summed E-state index contributed by atoms with van der Waals surface area (Å²) in [6.45, 7) is 0.813. The maximum atomic E-state index is 13.8. The second-order valence-corrected chi connectivity index (χ2v) is 7.14. The van der Waals surface area contributed by atoms with Gasteiger partial charge in [-0.2, -0.15) is 0 Å². The first kappa shape index (κ1) is 20.0. The number of carbonyl (C=O) groups excluding carboxylic acids is 1. The second-order valence-electron chi connectivity index (χ2n) is 7.14. The lowest BCUT2D eigenvalue weighted by Gasteiger charge is -2.36. The molecular formula is C22H24FNO4. The van der Waals surface area contributed by atoms with Crippen molar-refractivity contribution in [1.82, 2.24) is 5.32 Å². The van der Waals surface area contributed by atoms with Crippen LogP contribution in [-0.4, -0.2) is 36.7 Å². The highest BCUT2D eigenvalue weighted by Gasteiger charge is 2.42. The molecule has 0 saturated carbocycles. The highest BCUT2D eigenvalue weighted by atomic mass is 19.1. The number of benzene rings is 2. The molecule has 0 radical (unpaired) electrons. The van der Waals surface area contributed by atoms with E-state index in [-0.39, 0.29) is 12.5 Å². The number of ether oxygens (including phenoxy) is 1. The molecule has 2 aromatic rings. The van der Waals surface area contributed by atoms with E-state index >= 15 is 0 Å². The largest absolute Gasteiger partial charge is 0.481 e. The molecule has 1 unspecified atom stereocenters. The van der Waals surface area contributed by atoms with E-state index in [0.717, 1.165) is 5.56 Å². The minimum atomic E-state index is -0.962. The SMILES string of the molecule is O=C(O)C(CNC(=O)C1(c2cccc(F)c2)CCOCC1)Cc1ccccc1. The first-order valence-corrected chi connectivity index (χ1v) is 9.40. The fraction of sp³-hybridized carbons (Fsp3) is 0.364. The number of hydrogen-bond donors (Lipinski definition) is 2. The molecule has 0 spiro atoms. The van der Waals surface area contributed by atoms with Crippen LogP contribution in [0.4, 0.5) is 4.39 Å². The summed E-state index contributed by atoms with van der Waals surface area (Å²) in [4.78, 5) is 24.8. The summed E-state index contributed by atoms with van der Waals surface area (Å²) in [5, 5.41) is 12.4. The van der Waals surface area contributed by atoms with Crippen LogP contribution in [0.5, 0.6) is 0 Å². The van der Waals surface area contributed by atoms with E-state index in [4.69, 9.17) is 4.74 Å². The van der Waals surface area contributed by atoms with Gasteiger partial charge in [-0.3, -0.25) is 9.59 Å². The van der Waals surface area contributed by atoms with Gasteiger partial charge in [0.1, 0.15) is 5.82 Å². The second kappa shape index (κ2) is 8.97. The van der Waals surface area contributed by atoms with E-state index in [2.05, 4.69) is 5.32 Å². The molecule has 2 N–H and O–H groups in total. The Bertz CT molecular complexity index is 818. The Morgan fingerprint density at radius 1 is 1.11 bits per heavy atom. The zero-order chi connectivity index (χ0) is 20.0. The van der Waals surface area contributed by atoms with Crippen LogP contribution in [0.15, 0.2) is 54.6 Å². The molecule has 5 nitrogen and oxygen atoms in total. The first-order chi connectivity index (χ1) is 13.5. The van der Waals surface area contributed by atoms with E-state index in [0.29, 0.717) is 38.0 Å². The minimum absolute atomic E-state index is 0.0149. The number of carboxylic acid groups (broad SMARTS) is 1. The summed E-state index contributed by atoms with van der Waals surface area (Å²) in [6.07, 6.45) is 1.18. The van der Waals surface area contributed by atoms with Gasteiger partial charge >= 0.3 is 5.97 Å². The van der Waals surface area contributed by atoms with Crippen molar-refractivity contribution < 1.29 is 23.8 Å². The van der Waals surface area contributed by atoms with Crippen molar-refractivity contribution >= 4 is 11.9 Å². The number of carbonyl (C=O) groups is 2. The molecular weight excluding hydrogens is 361 g/mol. The molecule has 1 amide bonds. The minimum Gasteiger partial charge on any atom is -0.481 e. The van der Waals surface area contributed by atoms with Crippen molar-refractivity contribution in [1.29, 1.82) is 0 Å². The summed E-state index contributed by atoms with van der Waals surface area (Å²) >= 11 is 0. The number of carboxylic acids is 1. The summed E-state index contributed by atoms with van der Waals surface area (Å²) in [5.74, 6) is -2.38. The van der Waals surface area contributed by atoms with Crippen LogP contribution in [0.2, 0.25) is 0 Å². The lowest BCUT2D eigenvalue weighted by Crippen LogP contribution is -2.49. The summed E-state index contributed by atoms with van der Waals surface area (Å²) in [5.41, 5.74) is 0.592. The molecule has 0 bridgehead atoms. The molecule has 1 atom stereocenters. The molecule has 148 valence electrons. The van der Waals surface area contributed by atoms with Crippen molar-refractivity contribution in [2.24, 2.45) is 5.92 Å². The van der Waals surface area contributed by atoms with Crippen LogP contribution < -0.4 is 5.32 Å². The number of nitrogens with one attached hydrogen (secondary N) is 1. The maximum absolute atomic E-state index is 13.8. The molecule has 1 aliphatic heterocycles. The molecule has 1 saturated heterocycles. The fourth-order valence-electron chi connectivity index (χ4n) is 3.68. The molecule has 1 heterocycles. The van der Waals surface area contributed by atoms with Gasteiger partial charge in [-0.15, -0.1) is 0 Å². The molecule has 28 heavy (non-hydrogen) atoms. The zero-order valence-electron chi connectivity index (χ0n) is 15.6. The molecule has 3 rings (SSSR count). The third-order valence-electron chi connectivity index (χ3n) is 5.34. The average molecular weight is 385 g/mol. The zero-order valence-corrected chi connectivity index (χ0v) is 15.6. The van der Waals surface area contributed by atoms with Gasteiger partial charge in [0, 0.05) is 19.8 Å². The van der Waals surface area contributed by atoms with E-state index < -0.39 is 23.1 Å². The van der Waals surface area contributed by atoms with Gasteiger partial charge in [-0.05, 0) is 42.5 Å². The number of amides is 1. The number of hydrogen-bond acceptors (Lipinski definition) is 3. The van der Waals surface area contributed by atoms with E-state index in [9.17, 15) is 19.1 Å². The Labute approximate surface area is 163 Å². The van der Waals surface area contributed by atoms with E-state index in [1.165, 1.54) is 12.1 Å². The van der Waals surface area contributed by atoms with Gasteiger partial charge in [0.15, 0.2) is 0 Å². The van der Waals surface area contributed by atoms with Crippen LogP contribution in [0, 0.1) is 11.7 Å². The topological polar surface area (TPSA) is 75.6 Å². The van der Waals surface area contributed by atoms with Crippen molar-refractivity contribution in [2.75, 3.05) is 19.8 Å². The van der Waals surface area contributed by atoms with Crippen molar-refractivity contribution in [3.8, 4) is 0 Å². The Morgan fingerprint density at radius 3 is 2.46 bits per heavy atom. The first-order valence-electron chi connectivity index (χ1n) is 9.40. The van der Waals surface area contributed by atoms with Gasteiger partial charge in [-0.1, -0.05) is 42.5 Å². The van der Waals surface area contributed by atoms with Gasteiger partial charge in [-0.25, -0.2) is 4.39 Å². The Balaban J connectivity index is 1.75. The lowest BCUT2D eigenvalue weighted by atomic mass is 9.73. The molecule has 2 aromatic carbocycles. The molecule has 6 heteroatoms. The Hall–Kier alpha value is -2.73. The number of rotatable bonds is 7. The number of halogens is 1. The van der Waals surface area contributed by atoms with Gasteiger partial charge in [0.05, 0.1) is 11.3 Å². The smallest absolute Gasteiger partial charge is 0.308 e. The maximum Gasteiger partial charge on any atom is 0.308 e. The molecule has 0 aromatic heterocycles. The summed E-state index contributed by atoms with van der Waals surface area (Å²) in [6, 6.07) is 15.4. The Kier molecular flexibility index (Phi) is 6.41. The third-order valence-corrected chi connectivity index (χ3v) is 5.34. The quantitative estimate of drug-likeness (QED) is 0.768. The normalized spacial score (nSPS) is 16.9. The fourth-order valence-corrected chi connectivity index (χ4v) is 3.68. The lowest BCUT2D eigenvalue weighted by molar-refractivity contribution is -0.142. The van der Waals surface area contributed by atoms with E-state index in [1.54, 1.807) is 12.1 Å². The van der Waals surface area contributed by atoms with Crippen LogP contribution in [0.3, 0.4) is 0 Å². The van der Waals surface area contributed by atoms with Crippen molar-refractivity contribution in [2.45, 2.75) is 24.7 Å². The van der Waals surface area contributed by atoms with Gasteiger partial charge < -0.3 is 15.2 Å². The highest BCUT2D eigenvalue weighted by molar-refractivity contribution is 5.88. The summed E-state index contributed by atoms with van der Waals surface area (Å²) in [7, 11) is 0. The van der Waals surface area contributed by atoms with Crippen LogP contribution in [-0.2, 0) is 26.2 Å². The summed E-state index contributed by atoms with van der Waals surface area (Å²) < 4.78 is 19.2. The third kappa shape index (κ3) is 4.57. The predicted molar refractivity (Wildman–Crippen MR) is 102 cm³/mol. The highest BCUT2D eigenvalue weighted by Crippen LogP contribution is 2.35. The average Bonchev–Trinajstić information content (AvgIpc) is 2.72. The van der Waals surface area contributed by atoms with Crippen molar-refractivity contribution in [3.05, 3.63) is 71.5 Å². The molecule has 1 aliphatic rings. The monoisotopic (exact) mass is 385 g/mol. The molecule has 0 aliphatic carbocycles. The molecule has 1 fully saturated rings. The van der Waals surface area contributed by atoms with Crippen LogP contribution in [0.25, 0.3) is 0 Å². The van der Waals surface area contributed by atoms with Crippen molar-refractivity contribution in [3.63, 3.8) is 0 Å². The van der Waals surface area contributed by atoms with Crippen LogP contribution >= 0.6 is 0 Å². The van der Waals surface area contributed by atoms with Gasteiger partial charge in [0.25, 0.3) is 0 Å².